The van der Waals surface area contributed by atoms with Crippen LogP contribution in [0.2, 0.25) is 0 Å². The van der Waals surface area contributed by atoms with Crippen molar-refractivity contribution in [3.63, 3.8) is 0 Å². The van der Waals surface area contributed by atoms with Crippen molar-refractivity contribution in [3.05, 3.63) is 35.4 Å². The minimum absolute atomic E-state index is 0.128. The molecule has 1 aliphatic carbocycles. The van der Waals surface area contributed by atoms with Crippen molar-refractivity contribution in [2.75, 3.05) is 7.05 Å². The van der Waals surface area contributed by atoms with E-state index in [1.165, 1.54) is 4.90 Å². The molecule has 0 aliphatic heterocycles. The second-order valence-corrected chi connectivity index (χ2v) is 4.79. The molecular formula is C14H14N2O3. The number of nitriles is 1. The average molecular weight is 258 g/mol. The molecule has 2 rings (SSSR count). The zero-order chi connectivity index (χ0) is 14.0. The van der Waals surface area contributed by atoms with E-state index in [0.29, 0.717) is 18.5 Å². The summed E-state index contributed by atoms with van der Waals surface area (Å²) in [6.07, 6.45) is 0.436. The third-order valence-electron chi connectivity index (χ3n) is 3.30. The number of hydrogen-bond donors (Lipinski definition) is 1. The van der Waals surface area contributed by atoms with Gasteiger partial charge in [0.2, 0.25) is 5.91 Å². The molecule has 98 valence electrons. The highest BCUT2D eigenvalue weighted by Gasteiger charge is 2.49. The molecule has 0 unspecified atom stereocenters. The number of carboxylic acids is 1. The van der Waals surface area contributed by atoms with E-state index in [2.05, 4.69) is 0 Å². The number of nitrogens with zero attached hydrogens (tertiary/aromatic N) is 2. The Morgan fingerprint density at radius 2 is 2.00 bits per heavy atom. The van der Waals surface area contributed by atoms with E-state index in [-0.39, 0.29) is 11.8 Å². The van der Waals surface area contributed by atoms with Crippen molar-refractivity contribution < 1.29 is 14.7 Å². The zero-order valence-electron chi connectivity index (χ0n) is 10.5. The van der Waals surface area contributed by atoms with Crippen molar-refractivity contribution in [2.24, 2.45) is 11.8 Å². The smallest absolute Gasteiger partial charge is 0.307 e. The van der Waals surface area contributed by atoms with E-state index in [4.69, 9.17) is 10.4 Å². The highest BCUT2D eigenvalue weighted by molar-refractivity contribution is 5.89. The van der Waals surface area contributed by atoms with Crippen LogP contribution in [0.5, 0.6) is 0 Å². The molecule has 0 heterocycles. The van der Waals surface area contributed by atoms with Crippen LogP contribution in [0.4, 0.5) is 0 Å². The monoisotopic (exact) mass is 258 g/mol. The van der Waals surface area contributed by atoms with Crippen molar-refractivity contribution >= 4 is 11.9 Å². The molecule has 1 amide bonds. The van der Waals surface area contributed by atoms with Crippen LogP contribution in [0.15, 0.2) is 24.3 Å². The number of hydrogen-bond acceptors (Lipinski definition) is 3. The third kappa shape index (κ3) is 2.91. The summed E-state index contributed by atoms with van der Waals surface area (Å²) in [5, 5.41) is 17.5. The highest BCUT2D eigenvalue weighted by atomic mass is 16.4. The summed E-state index contributed by atoms with van der Waals surface area (Å²) < 4.78 is 0. The van der Waals surface area contributed by atoms with Crippen LogP contribution < -0.4 is 0 Å². The normalized spacial score (nSPS) is 20.4. The number of rotatable bonds is 4. The van der Waals surface area contributed by atoms with Gasteiger partial charge in [-0.15, -0.1) is 0 Å². The molecule has 1 N–H and O–H groups in total. The molecular weight excluding hydrogens is 244 g/mol. The molecule has 0 spiro atoms. The molecule has 0 aromatic heterocycles. The van der Waals surface area contributed by atoms with E-state index >= 15 is 0 Å². The van der Waals surface area contributed by atoms with Crippen LogP contribution in [0.3, 0.4) is 0 Å². The second kappa shape index (κ2) is 5.11. The first-order valence-electron chi connectivity index (χ1n) is 5.99. The topological polar surface area (TPSA) is 81.4 Å². The minimum atomic E-state index is -0.898. The van der Waals surface area contributed by atoms with Gasteiger partial charge in [0, 0.05) is 13.6 Å². The van der Waals surface area contributed by atoms with E-state index in [1.54, 1.807) is 31.3 Å². The first-order chi connectivity index (χ1) is 9.02. The number of carbonyl (C=O) groups excluding carboxylic acids is 1. The Balaban J connectivity index is 1.94. The number of carbonyl (C=O) groups is 2. The van der Waals surface area contributed by atoms with Crippen LogP contribution in [-0.4, -0.2) is 28.9 Å². The standard InChI is InChI=1S/C14H14N2O3/c1-16(13(17)11-6-12(11)14(18)19)8-10-4-2-9(7-15)3-5-10/h2-5,11-12H,6,8H2,1H3,(H,18,19)/t11-,12+/m1/s1. The predicted molar refractivity (Wildman–Crippen MR) is 66.9 cm³/mol. The Hall–Kier alpha value is -2.35. The SMILES string of the molecule is CN(Cc1ccc(C#N)cc1)C(=O)[C@@H]1C[C@@H]1C(=O)O. The van der Waals surface area contributed by atoms with Crippen LogP contribution in [0.1, 0.15) is 17.5 Å². The van der Waals surface area contributed by atoms with Crippen LogP contribution in [0, 0.1) is 23.2 Å². The van der Waals surface area contributed by atoms with Crippen molar-refractivity contribution in [1.29, 1.82) is 5.26 Å². The first-order valence-corrected chi connectivity index (χ1v) is 5.99. The summed E-state index contributed by atoms with van der Waals surface area (Å²) in [5.74, 6) is -1.92. The van der Waals surface area contributed by atoms with Crippen LogP contribution >= 0.6 is 0 Å². The maximum Gasteiger partial charge on any atom is 0.307 e. The van der Waals surface area contributed by atoms with E-state index in [0.717, 1.165) is 5.56 Å². The van der Waals surface area contributed by atoms with Gasteiger partial charge in [-0.25, -0.2) is 0 Å². The Kier molecular flexibility index (Phi) is 3.52. The van der Waals surface area contributed by atoms with Crippen LogP contribution in [-0.2, 0) is 16.1 Å². The lowest BCUT2D eigenvalue weighted by Crippen LogP contribution is -2.28. The minimum Gasteiger partial charge on any atom is -0.481 e. The molecule has 5 nitrogen and oxygen atoms in total. The fraction of sp³-hybridized carbons (Fsp3) is 0.357. The fourth-order valence-electron chi connectivity index (χ4n) is 2.06. The van der Waals surface area contributed by atoms with Gasteiger partial charge in [-0.05, 0) is 24.1 Å². The molecule has 1 saturated carbocycles. The van der Waals surface area contributed by atoms with Crippen molar-refractivity contribution in [3.8, 4) is 6.07 Å². The largest absolute Gasteiger partial charge is 0.481 e. The van der Waals surface area contributed by atoms with Gasteiger partial charge in [0.1, 0.15) is 0 Å². The first kappa shape index (κ1) is 13.1. The van der Waals surface area contributed by atoms with Gasteiger partial charge in [-0.3, -0.25) is 9.59 Å². The number of carboxylic acid groups (broad SMARTS) is 1. The molecule has 1 aliphatic rings. The van der Waals surface area contributed by atoms with Gasteiger partial charge in [0.25, 0.3) is 0 Å². The molecule has 2 atom stereocenters. The van der Waals surface area contributed by atoms with Gasteiger partial charge >= 0.3 is 5.97 Å². The third-order valence-corrected chi connectivity index (χ3v) is 3.30. The van der Waals surface area contributed by atoms with Gasteiger partial charge in [0.05, 0.1) is 23.5 Å². The fourth-order valence-corrected chi connectivity index (χ4v) is 2.06. The van der Waals surface area contributed by atoms with Crippen molar-refractivity contribution in [2.45, 2.75) is 13.0 Å². The summed E-state index contributed by atoms with van der Waals surface area (Å²) >= 11 is 0. The molecule has 1 aromatic carbocycles. The number of aliphatic carboxylic acids is 1. The highest BCUT2D eigenvalue weighted by Crippen LogP contribution is 2.40. The molecule has 0 bridgehead atoms. The summed E-state index contributed by atoms with van der Waals surface area (Å²) in [7, 11) is 1.66. The summed E-state index contributed by atoms with van der Waals surface area (Å²) in [6.45, 7) is 0.424. The Labute approximate surface area is 111 Å². The van der Waals surface area contributed by atoms with Gasteiger partial charge in [-0.1, -0.05) is 12.1 Å². The molecule has 1 fully saturated rings. The van der Waals surface area contributed by atoms with Gasteiger partial charge in [-0.2, -0.15) is 5.26 Å². The summed E-state index contributed by atoms with van der Waals surface area (Å²) in [6, 6.07) is 9.02. The second-order valence-electron chi connectivity index (χ2n) is 4.79. The van der Waals surface area contributed by atoms with E-state index < -0.39 is 11.9 Å². The van der Waals surface area contributed by atoms with Gasteiger partial charge < -0.3 is 10.0 Å². The van der Waals surface area contributed by atoms with Gasteiger partial charge in [0.15, 0.2) is 0 Å². The maximum absolute atomic E-state index is 12.0. The molecule has 5 heteroatoms. The Morgan fingerprint density at radius 3 is 2.47 bits per heavy atom. The summed E-state index contributed by atoms with van der Waals surface area (Å²) in [5.41, 5.74) is 1.49. The van der Waals surface area contributed by atoms with E-state index in [1.807, 2.05) is 6.07 Å². The molecule has 19 heavy (non-hydrogen) atoms. The Bertz CT molecular complexity index is 545. The van der Waals surface area contributed by atoms with Crippen molar-refractivity contribution in [1.82, 2.24) is 4.90 Å². The van der Waals surface area contributed by atoms with Crippen LogP contribution in [0.25, 0.3) is 0 Å². The quantitative estimate of drug-likeness (QED) is 0.880. The lowest BCUT2D eigenvalue weighted by Gasteiger charge is -2.17. The lowest BCUT2D eigenvalue weighted by molar-refractivity contribution is -0.141. The zero-order valence-corrected chi connectivity index (χ0v) is 10.5. The number of amides is 1. The Morgan fingerprint density at radius 1 is 1.37 bits per heavy atom. The maximum atomic E-state index is 12.0. The lowest BCUT2D eigenvalue weighted by atomic mass is 10.1. The predicted octanol–water partition coefficient (Wildman–Crippen LogP) is 1.24. The molecule has 0 saturated heterocycles. The summed E-state index contributed by atoms with van der Waals surface area (Å²) in [4.78, 5) is 24.2. The molecule has 1 aromatic rings. The molecule has 0 radical (unpaired) electrons. The number of benzene rings is 1. The average Bonchev–Trinajstić information content (AvgIpc) is 3.19. The van der Waals surface area contributed by atoms with E-state index in [9.17, 15) is 9.59 Å².